The third-order valence-corrected chi connectivity index (χ3v) is 3.52. The summed E-state index contributed by atoms with van der Waals surface area (Å²) in [5.41, 5.74) is 8.73. The van der Waals surface area contributed by atoms with Crippen molar-refractivity contribution in [3.8, 4) is 0 Å². The Bertz CT molecular complexity index is 579. The normalized spacial score (nSPS) is 13.1. The van der Waals surface area contributed by atoms with Crippen LogP contribution in [0.1, 0.15) is 36.1 Å². The van der Waals surface area contributed by atoms with E-state index >= 15 is 0 Å². The van der Waals surface area contributed by atoms with Crippen molar-refractivity contribution in [1.29, 1.82) is 0 Å². The zero-order valence-electron chi connectivity index (χ0n) is 12.2. The number of hydrogen-bond donors (Lipinski definition) is 3. The van der Waals surface area contributed by atoms with Gasteiger partial charge in [-0.3, -0.25) is 0 Å². The second kappa shape index (κ2) is 7.45. The SMILES string of the molecule is CCC(NCc1ccc(C(N)=NO)cc1)c1ccccc1. The van der Waals surface area contributed by atoms with E-state index in [1.165, 1.54) is 11.1 Å². The van der Waals surface area contributed by atoms with Crippen molar-refractivity contribution in [2.75, 3.05) is 0 Å². The molecule has 0 aliphatic carbocycles. The molecule has 0 aliphatic rings. The van der Waals surface area contributed by atoms with Gasteiger partial charge in [-0.05, 0) is 17.5 Å². The van der Waals surface area contributed by atoms with E-state index in [1.54, 1.807) is 0 Å². The van der Waals surface area contributed by atoms with Crippen molar-refractivity contribution in [2.45, 2.75) is 25.9 Å². The summed E-state index contributed by atoms with van der Waals surface area (Å²) in [6.07, 6.45) is 1.03. The zero-order valence-corrected chi connectivity index (χ0v) is 12.2. The van der Waals surface area contributed by atoms with Crippen LogP contribution in [0, 0.1) is 0 Å². The molecule has 4 N–H and O–H groups in total. The fraction of sp³-hybridized carbons (Fsp3) is 0.235. The Labute approximate surface area is 125 Å². The number of nitrogens with one attached hydrogen (secondary N) is 1. The predicted molar refractivity (Wildman–Crippen MR) is 85.3 cm³/mol. The molecule has 1 unspecified atom stereocenters. The smallest absolute Gasteiger partial charge is 0.170 e. The number of oxime groups is 1. The predicted octanol–water partition coefficient (Wildman–Crippen LogP) is 3.02. The molecule has 2 aromatic rings. The van der Waals surface area contributed by atoms with Gasteiger partial charge in [-0.2, -0.15) is 0 Å². The number of hydrogen-bond acceptors (Lipinski definition) is 3. The van der Waals surface area contributed by atoms with E-state index in [2.05, 4.69) is 41.7 Å². The van der Waals surface area contributed by atoms with Crippen LogP contribution in [0.15, 0.2) is 59.8 Å². The Morgan fingerprint density at radius 1 is 1.14 bits per heavy atom. The van der Waals surface area contributed by atoms with Gasteiger partial charge >= 0.3 is 0 Å². The molecule has 110 valence electrons. The molecule has 0 saturated heterocycles. The minimum absolute atomic E-state index is 0.130. The molecule has 0 saturated carbocycles. The molecule has 2 aromatic carbocycles. The van der Waals surface area contributed by atoms with Crippen LogP contribution < -0.4 is 11.1 Å². The molecule has 0 heterocycles. The molecule has 0 aromatic heterocycles. The quantitative estimate of drug-likeness (QED) is 0.330. The highest BCUT2D eigenvalue weighted by molar-refractivity contribution is 5.96. The lowest BCUT2D eigenvalue weighted by molar-refractivity contribution is 0.318. The van der Waals surface area contributed by atoms with Gasteiger partial charge in [0.2, 0.25) is 0 Å². The highest BCUT2D eigenvalue weighted by Gasteiger charge is 2.08. The Kier molecular flexibility index (Phi) is 5.35. The number of benzene rings is 2. The first-order valence-corrected chi connectivity index (χ1v) is 7.09. The van der Waals surface area contributed by atoms with Gasteiger partial charge in [0.1, 0.15) is 0 Å². The van der Waals surface area contributed by atoms with Crippen LogP contribution >= 0.6 is 0 Å². The average Bonchev–Trinajstić information content (AvgIpc) is 2.56. The minimum Gasteiger partial charge on any atom is -0.409 e. The lowest BCUT2D eigenvalue weighted by Gasteiger charge is -2.17. The summed E-state index contributed by atoms with van der Waals surface area (Å²) in [5, 5.41) is 15.2. The van der Waals surface area contributed by atoms with Gasteiger partial charge in [0, 0.05) is 18.2 Å². The van der Waals surface area contributed by atoms with Crippen LogP contribution in [0.5, 0.6) is 0 Å². The van der Waals surface area contributed by atoms with E-state index in [-0.39, 0.29) is 5.84 Å². The van der Waals surface area contributed by atoms with Gasteiger partial charge in [0.05, 0.1) is 0 Å². The van der Waals surface area contributed by atoms with Crippen molar-refractivity contribution < 1.29 is 5.21 Å². The summed E-state index contributed by atoms with van der Waals surface area (Å²) in [4.78, 5) is 0. The molecule has 21 heavy (non-hydrogen) atoms. The maximum absolute atomic E-state index is 8.64. The Morgan fingerprint density at radius 3 is 2.38 bits per heavy atom. The summed E-state index contributed by atoms with van der Waals surface area (Å²) in [6, 6.07) is 18.5. The van der Waals surface area contributed by atoms with E-state index in [1.807, 2.05) is 30.3 Å². The fourth-order valence-electron chi connectivity index (χ4n) is 2.28. The third-order valence-electron chi connectivity index (χ3n) is 3.52. The lowest BCUT2D eigenvalue weighted by atomic mass is 10.0. The van der Waals surface area contributed by atoms with Crippen LogP contribution in [0.2, 0.25) is 0 Å². The average molecular weight is 283 g/mol. The summed E-state index contributed by atoms with van der Waals surface area (Å²) < 4.78 is 0. The molecule has 0 aliphatic heterocycles. The van der Waals surface area contributed by atoms with E-state index in [0.29, 0.717) is 6.04 Å². The van der Waals surface area contributed by atoms with Crippen molar-refractivity contribution in [3.05, 3.63) is 71.3 Å². The molecule has 1 atom stereocenters. The molecule has 4 nitrogen and oxygen atoms in total. The Morgan fingerprint density at radius 2 is 1.81 bits per heavy atom. The van der Waals surface area contributed by atoms with Crippen LogP contribution in [-0.4, -0.2) is 11.0 Å². The van der Waals surface area contributed by atoms with E-state index in [9.17, 15) is 0 Å². The second-order valence-electron chi connectivity index (χ2n) is 4.93. The number of rotatable bonds is 6. The molecule has 0 radical (unpaired) electrons. The highest BCUT2D eigenvalue weighted by atomic mass is 16.4. The largest absolute Gasteiger partial charge is 0.409 e. The first-order valence-electron chi connectivity index (χ1n) is 7.09. The number of nitrogens with two attached hydrogens (primary N) is 1. The van der Waals surface area contributed by atoms with Crippen molar-refractivity contribution in [1.82, 2.24) is 5.32 Å². The molecule has 2 rings (SSSR count). The fourth-order valence-corrected chi connectivity index (χ4v) is 2.28. The third kappa shape index (κ3) is 4.07. The number of amidine groups is 1. The zero-order chi connectivity index (χ0) is 15.1. The molecule has 0 fully saturated rings. The topological polar surface area (TPSA) is 70.6 Å². The first kappa shape index (κ1) is 15.1. The molecule has 0 spiro atoms. The monoisotopic (exact) mass is 283 g/mol. The lowest BCUT2D eigenvalue weighted by Crippen LogP contribution is -2.20. The summed E-state index contributed by atoms with van der Waals surface area (Å²) in [5.74, 6) is 0.130. The molecular weight excluding hydrogens is 262 g/mol. The van der Waals surface area contributed by atoms with Crippen molar-refractivity contribution in [3.63, 3.8) is 0 Å². The van der Waals surface area contributed by atoms with Gasteiger partial charge < -0.3 is 16.3 Å². The van der Waals surface area contributed by atoms with E-state index in [4.69, 9.17) is 10.9 Å². The summed E-state index contributed by atoms with van der Waals surface area (Å²) in [6.45, 7) is 2.95. The Hall–Kier alpha value is -2.33. The first-order chi connectivity index (χ1) is 10.2. The maximum atomic E-state index is 8.64. The van der Waals surface area contributed by atoms with Gasteiger partial charge in [-0.15, -0.1) is 0 Å². The second-order valence-corrected chi connectivity index (χ2v) is 4.93. The maximum Gasteiger partial charge on any atom is 0.170 e. The Balaban J connectivity index is 1.99. The van der Waals surface area contributed by atoms with Gasteiger partial charge in [-0.1, -0.05) is 66.7 Å². The van der Waals surface area contributed by atoms with Crippen molar-refractivity contribution >= 4 is 5.84 Å². The standard InChI is InChI=1S/C17H21N3O/c1-2-16(14-6-4-3-5-7-14)19-12-13-8-10-15(11-9-13)17(18)20-21/h3-11,16,19,21H,2,12H2,1H3,(H2,18,20). The van der Waals surface area contributed by atoms with Crippen molar-refractivity contribution in [2.24, 2.45) is 10.9 Å². The van der Waals surface area contributed by atoms with E-state index < -0.39 is 0 Å². The summed E-state index contributed by atoms with van der Waals surface area (Å²) in [7, 11) is 0. The van der Waals surface area contributed by atoms with Gasteiger partial charge in [0.15, 0.2) is 5.84 Å². The summed E-state index contributed by atoms with van der Waals surface area (Å²) >= 11 is 0. The number of nitrogens with zero attached hydrogens (tertiary/aromatic N) is 1. The van der Waals surface area contributed by atoms with Gasteiger partial charge in [0.25, 0.3) is 0 Å². The van der Waals surface area contributed by atoms with Gasteiger partial charge in [-0.25, -0.2) is 0 Å². The molecule has 0 amide bonds. The molecule has 4 heteroatoms. The van der Waals surface area contributed by atoms with Crippen LogP contribution in [-0.2, 0) is 6.54 Å². The highest BCUT2D eigenvalue weighted by Crippen LogP contribution is 2.16. The van der Waals surface area contributed by atoms with Crippen LogP contribution in [0.4, 0.5) is 0 Å². The van der Waals surface area contributed by atoms with Crippen LogP contribution in [0.3, 0.4) is 0 Å². The minimum atomic E-state index is 0.130. The van der Waals surface area contributed by atoms with Crippen LogP contribution in [0.25, 0.3) is 0 Å². The van der Waals surface area contributed by atoms with E-state index in [0.717, 1.165) is 18.5 Å². The molecular formula is C17H21N3O. The molecule has 0 bridgehead atoms.